The fraction of sp³-hybridized carbons (Fsp3) is 0.667. The standard InChI is InChI=1S/C15H22O3/c1-10-8-13(18-12(3)17)9-15(4,5)14(10)7-6-11(2)16/h11,13,16H,8-9H2,1-5H3/t11-,13+/m0/s1. The number of carbonyl (C=O) groups is 1. The minimum atomic E-state index is -0.618. The van der Waals surface area contributed by atoms with Crippen LogP contribution in [0.2, 0.25) is 0 Å². The fourth-order valence-corrected chi connectivity index (χ4v) is 2.54. The van der Waals surface area contributed by atoms with E-state index in [9.17, 15) is 9.90 Å². The van der Waals surface area contributed by atoms with Gasteiger partial charge in [-0.25, -0.2) is 0 Å². The van der Waals surface area contributed by atoms with Crippen LogP contribution in [0.3, 0.4) is 0 Å². The minimum absolute atomic E-state index is 0.0606. The summed E-state index contributed by atoms with van der Waals surface area (Å²) in [6.07, 6.45) is 0.822. The number of hydrogen-bond donors (Lipinski definition) is 1. The van der Waals surface area contributed by atoms with Gasteiger partial charge in [0.25, 0.3) is 0 Å². The van der Waals surface area contributed by atoms with Crippen molar-refractivity contribution in [2.24, 2.45) is 5.41 Å². The van der Waals surface area contributed by atoms with Gasteiger partial charge in [0.05, 0.1) is 0 Å². The van der Waals surface area contributed by atoms with E-state index < -0.39 is 6.10 Å². The monoisotopic (exact) mass is 250 g/mol. The maximum absolute atomic E-state index is 11.0. The Bertz CT molecular complexity index is 419. The maximum atomic E-state index is 11.0. The van der Waals surface area contributed by atoms with E-state index in [2.05, 4.69) is 25.7 Å². The Balaban J connectivity index is 2.97. The first kappa shape index (κ1) is 14.8. The maximum Gasteiger partial charge on any atom is 0.302 e. The average molecular weight is 250 g/mol. The molecule has 1 rings (SSSR count). The van der Waals surface area contributed by atoms with E-state index in [1.807, 2.05) is 6.92 Å². The van der Waals surface area contributed by atoms with E-state index in [1.165, 1.54) is 6.92 Å². The third-order valence-electron chi connectivity index (χ3n) is 3.11. The highest BCUT2D eigenvalue weighted by atomic mass is 16.5. The topological polar surface area (TPSA) is 46.5 Å². The predicted molar refractivity (Wildman–Crippen MR) is 70.7 cm³/mol. The van der Waals surface area contributed by atoms with Crippen molar-refractivity contribution < 1.29 is 14.6 Å². The molecule has 3 nitrogen and oxygen atoms in total. The van der Waals surface area contributed by atoms with Crippen LogP contribution in [-0.2, 0) is 9.53 Å². The second-order valence-electron chi connectivity index (χ2n) is 5.62. The number of aliphatic hydroxyl groups is 1. The highest BCUT2D eigenvalue weighted by Gasteiger charge is 2.34. The van der Waals surface area contributed by atoms with E-state index >= 15 is 0 Å². The Morgan fingerprint density at radius 1 is 1.56 bits per heavy atom. The van der Waals surface area contributed by atoms with Gasteiger partial charge in [-0.3, -0.25) is 4.79 Å². The zero-order valence-corrected chi connectivity index (χ0v) is 11.8. The number of hydrogen-bond acceptors (Lipinski definition) is 3. The van der Waals surface area contributed by atoms with Crippen molar-refractivity contribution in [1.29, 1.82) is 0 Å². The lowest BCUT2D eigenvalue weighted by Gasteiger charge is -2.36. The Hall–Kier alpha value is -1.27. The van der Waals surface area contributed by atoms with E-state index in [4.69, 9.17) is 4.74 Å². The first-order chi connectivity index (χ1) is 8.22. The summed E-state index contributed by atoms with van der Waals surface area (Å²) in [6.45, 7) is 9.30. The second-order valence-corrected chi connectivity index (χ2v) is 5.62. The summed E-state index contributed by atoms with van der Waals surface area (Å²) in [4.78, 5) is 11.0. The summed E-state index contributed by atoms with van der Waals surface area (Å²) in [5.74, 6) is 5.64. The molecule has 0 aromatic rings. The Morgan fingerprint density at radius 2 is 2.17 bits per heavy atom. The summed E-state index contributed by atoms with van der Waals surface area (Å²) < 4.78 is 5.30. The summed E-state index contributed by atoms with van der Waals surface area (Å²) in [5.41, 5.74) is 2.09. The van der Waals surface area contributed by atoms with Crippen molar-refractivity contribution >= 4 is 5.97 Å². The van der Waals surface area contributed by atoms with Gasteiger partial charge in [0.15, 0.2) is 0 Å². The number of esters is 1. The van der Waals surface area contributed by atoms with Gasteiger partial charge in [-0.15, -0.1) is 0 Å². The number of aliphatic hydroxyl groups excluding tert-OH is 1. The van der Waals surface area contributed by atoms with Crippen molar-refractivity contribution in [3.8, 4) is 11.8 Å². The third-order valence-corrected chi connectivity index (χ3v) is 3.11. The summed E-state index contributed by atoms with van der Waals surface area (Å²) in [5, 5.41) is 9.24. The Morgan fingerprint density at radius 3 is 2.61 bits per heavy atom. The fourth-order valence-electron chi connectivity index (χ4n) is 2.54. The molecule has 3 heteroatoms. The normalized spacial score (nSPS) is 24.0. The smallest absolute Gasteiger partial charge is 0.302 e. The van der Waals surface area contributed by atoms with Crippen LogP contribution in [-0.4, -0.2) is 23.3 Å². The molecule has 0 aliphatic heterocycles. The first-order valence-electron chi connectivity index (χ1n) is 6.29. The van der Waals surface area contributed by atoms with Gasteiger partial charge >= 0.3 is 5.97 Å². The van der Waals surface area contributed by atoms with Crippen molar-refractivity contribution in [2.75, 3.05) is 0 Å². The van der Waals surface area contributed by atoms with Gasteiger partial charge in [0.2, 0.25) is 0 Å². The summed E-state index contributed by atoms with van der Waals surface area (Å²) >= 11 is 0. The molecule has 0 saturated heterocycles. The number of rotatable bonds is 1. The Kier molecular flexibility index (Phi) is 4.59. The zero-order chi connectivity index (χ0) is 13.9. The molecule has 0 unspecified atom stereocenters. The summed E-state index contributed by atoms with van der Waals surface area (Å²) in [6, 6.07) is 0. The number of carbonyl (C=O) groups excluding carboxylic acids is 1. The molecular weight excluding hydrogens is 228 g/mol. The van der Waals surface area contributed by atoms with Crippen LogP contribution in [0.25, 0.3) is 0 Å². The van der Waals surface area contributed by atoms with Crippen LogP contribution in [0.4, 0.5) is 0 Å². The largest absolute Gasteiger partial charge is 0.462 e. The van der Waals surface area contributed by atoms with Crippen molar-refractivity contribution in [1.82, 2.24) is 0 Å². The molecule has 0 spiro atoms. The molecule has 1 N–H and O–H groups in total. The molecular formula is C15H22O3. The van der Waals surface area contributed by atoms with Gasteiger partial charge in [-0.2, -0.15) is 0 Å². The van der Waals surface area contributed by atoms with Crippen LogP contribution in [0, 0.1) is 17.3 Å². The molecule has 0 aromatic heterocycles. The molecule has 0 heterocycles. The van der Waals surface area contributed by atoms with E-state index in [-0.39, 0.29) is 17.5 Å². The molecule has 100 valence electrons. The summed E-state index contributed by atoms with van der Waals surface area (Å²) in [7, 11) is 0. The predicted octanol–water partition coefficient (Wildman–Crippen LogP) is 2.44. The van der Waals surface area contributed by atoms with Crippen molar-refractivity contribution in [2.45, 2.75) is 59.7 Å². The highest BCUT2D eigenvalue weighted by Crippen LogP contribution is 2.40. The molecule has 1 aliphatic rings. The lowest BCUT2D eigenvalue weighted by atomic mass is 9.72. The quantitative estimate of drug-likeness (QED) is 0.574. The lowest BCUT2D eigenvalue weighted by molar-refractivity contribution is -0.147. The SMILES string of the molecule is CC(=O)O[C@@H]1CC(C)=C(C#C[C@H](C)O)C(C)(C)C1. The van der Waals surface area contributed by atoms with Crippen LogP contribution in [0.5, 0.6) is 0 Å². The van der Waals surface area contributed by atoms with Crippen LogP contribution in [0.15, 0.2) is 11.1 Å². The van der Waals surface area contributed by atoms with Crippen LogP contribution >= 0.6 is 0 Å². The number of ether oxygens (including phenoxy) is 1. The highest BCUT2D eigenvalue weighted by molar-refractivity contribution is 5.66. The van der Waals surface area contributed by atoms with E-state index in [0.717, 1.165) is 24.0 Å². The zero-order valence-electron chi connectivity index (χ0n) is 11.8. The Labute approximate surface area is 109 Å². The van der Waals surface area contributed by atoms with Crippen LogP contribution in [0.1, 0.15) is 47.5 Å². The number of allylic oxidation sites excluding steroid dienone is 1. The molecule has 2 atom stereocenters. The second kappa shape index (κ2) is 5.58. The first-order valence-corrected chi connectivity index (χ1v) is 6.29. The van der Waals surface area contributed by atoms with Gasteiger partial charge in [0, 0.05) is 24.3 Å². The molecule has 0 radical (unpaired) electrons. The van der Waals surface area contributed by atoms with E-state index in [1.54, 1.807) is 6.92 Å². The van der Waals surface area contributed by atoms with Gasteiger partial charge in [-0.05, 0) is 20.3 Å². The lowest BCUT2D eigenvalue weighted by Crippen LogP contribution is -2.31. The molecule has 1 aliphatic carbocycles. The molecule has 0 saturated carbocycles. The van der Waals surface area contributed by atoms with Gasteiger partial charge in [0.1, 0.15) is 12.2 Å². The molecule has 18 heavy (non-hydrogen) atoms. The van der Waals surface area contributed by atoms with Crippen molar-refractivity contribution in [3.63, 3.8) is 0 Å². The van der Waals surface area contributed by atoms with Gasteiger partial charge in [-0.1, -0.05) is 31.3 Å². The third kappa shape index (κ3) is 3.89. The average Bonchev–Trinajstić information content (AvgIpc) is 2.12. The molecule has 0 fully saturated rings. The van der Waals surface area contributed by atoms with Crippen LogP contribution < -0.4 is 0 Å². The minimum Gasteiger partial charge on any atom is -0.462 e. The molecule has 0 aromatic carbocycles. The van der Waals surface area contributed by atoms with Gasteiger partial charge < -0.3 is 9.84 Å². The molecule has 0 bridgehead atoms. The van der Waals surface area contributed by atoms with E-state index in [0.29, 0.717) is 0 Å². The van der Waals surface area contributed by atoms with Crippen molar-refractivity contribution in [3.05, 3.63) is 11.1 Å². The molecule has 0 amide bonds.